The van der Waals surface area contributed by atoms with Crippen molar-refractivity contribution in [2.24, 2.45) is 10.2 Å². The highest BCUT2D eigenvalue weighted by Crippen LogP contribution is 2.33. The summed E-state index contributed by atoms with van der Waals surface area (Å²) >= 11 is 0.986. The van der Waals surface area contributed by atoms with Crippen LogP contribution in [-0.2, 0) is 9.47 Å². The zero-order chi connectivity index (χ0) is 27.0. The summed E-state index contributed by atoms with van der Waals surface area (Å²) in [6.07, 6.45) is 0. The summed E-state index contributed by atoms with van der Waals surface area (Å²) < 4.78 is 16.0. The lowest BCUT2D eigenvalue weighted by molar-refractivity contribution is 0.0521. The Kier molecular flexibility index (Phi) is 6.52. The van der Waals surface area contributed by atoms with E-state index in [4.69, 9.17) is 9.47 Å². The predicted molar refractivity (Wildman–Crippen MR) is 137 cm³/mol. The molecule has 0 amide bonds. The van der Waals surface area contributed by atoms with Crippen molar-refractivity contribution in [3.63, 3.8) is 0 Å². The molecule has 192 valence electrons. The number of H-pyrrole nitrogens is 1. The standard InChI is InChI=1S/C24H21N9O4S/c1-5-36-23(34)16-14(10-25)21(33-22(16)26-20(31-33)11(3)4)30-27-12-7-8-15-13(9-12)17-18(29-28-15)19(38-32-17)24(35)37-6-2/h7-9,11H,5-6H2,1-4H3,(H,26,31)/b30-27+. The van der Waals surface area contributed by atoms with Crippen LogP contribution in [0.2, 0.25) is 0 Å². The Morgan fingerprint density at radius 1 is 1.13 bits per heavy atom. The quantitative estimate of drug-likeness (QED) is 0.224. The number of fused-ring (bicyclic) bond motifs is 4. The summed E-state index contributed by atoms with van der Waals surface area (Å²) in [5.74, 6) is -0.441. The first-order chi connectivity index (χ1) is 18.4. The van der Waals surface area contributed by atoms with E-state index in [1.165, 1.54) is 4.52 Å². The number of azo groups is 1. The Balaban J connectivity index is 1.62. The maximum atomic E-state index is 12.7. The second-order valence-corrected chi connectivity index (χ2v) is 9.14. The van der Waals surface area contributed by atoms with Gasteiger partial charge in [0.05, 0.1) is 24.4 Å². The molecular formula is C24H21N9O4S. The molecule has 0 fully saturated rings. The van der Waals surface area contributed by atoms with E-state index in [1.807, 2.05) is 19.9 Å². The van der Waals surface area contributed by atoms with Gasteiger partial charge in [-0.15, -0.1) is 20.4 Å². The Bertz CT molecular complexity index is 1790. The summed E-state index contributed by atoms with van der Waals surface area (Å²) in [7, 11) is 0. The van der Waals surface area contributed by atoms with Crippen LogP contribution in [0.25, 0.3) is 27.6 Å². The van der Waals surface area contributed by atoms with Crippen LogP contribution in [0.15, 0.2) is 28.4 Å². The molecule has 38 heavy (non-hydrogen) atoms. The molecule has 0 atom stereocenters. The maximum Gasteiger partial charge on any atom is 0.352 e. The van der Waals surface area contributed by atoms with E-state index in [2.05, 4.69) is 34.9 Å². The Morgan fingerprint density at radius 2 is 1.89 bits per heavy atom. The SMILES string of the molecule is CCOC(=O)c1snc2c1nnc1ccc(/N=N/c3c(C#N)c(C(=O)OCC)c4[nH]c(C(C)C)nn34)cc12. The average molecular weight is 532 g/mol. The summed E-state index contributed by atoms with van der Waals surface area (Å²) in [5.41, 5.74) is 2.16. The van der Waals surface area contributed by atoms with Crippen molar-refractivity contribution in [3.05, 3.63) is 40.0 Å². The summed E-state index contributed by atoms with van der Waals surface area (Å²) in [6, 6.07) is 7.12. The molecule has 0 aliphatic heterocycles. The molecule has 5 rings (SSSR count). The number of hydrogen-bond donors (Lipinski definition) is 1. The molecule has 13 nitrogen and oxygen atoms in total. The van der Waals surface area contributed by atoms with E-state index in [-0.39, 0.29) is 41.0 Å². The van der Waals surface area contributed by atoms with Crippen molar-refractivity contribution < 1.29 is 19.1 Å². The van der Waals surface area contributed by atoms with Gasteiger partial charge in [0.15, 0.2) is 16.3 Å². The molecule has 4 aromatic heterocycles. The highest BCUT2D eigenvalue weighted by atomic mass is 32.1. The number of ether oxygens (including phenoxy) is 2. The molecule has 0 spiro atoms. The number of aromatic nitrogens is 6. The zero-order valence-corrected chi connectivity index (χ0v) is 21.7. The third kappa shape index (κ3) is 4.12. The van der Waals surface area contributed by atoms with Crippen LogP contribution in [0.3, 0.4) is 0 Å². The fourth-order valence-corrected chi connectivity index (χ4v) is 4.56. The Labute approximate surface area is 219 Å². The Hall–Kier alpha value is -4.77. The molecule has 14 heteroatoms. The number of hydrogen-bond acceptors (Lipinski definition) is 12. The third-order valence-electron chi connectivity index (χ3n) is 5.60. The molecule has 0 aliphatic carbocycles. The number of aromatic amines is 1. The van der Waals surface area contributed by atoms with Gasteiger partial charge in [-0.05, 0) is 43.6 Å². The number of esters is 2. The van der Waals surface area contributed by atoms with Gasteiger partial charge >= 0.3 is 11.9 Å². The van der Waals surface area contributed by atoms with Gasteiger partial charge in [0.25, 0.3) is 0 Å². The van der Waals surface area contributed by atoms with Crippen molar-refractivity contribution in [3.8, 4) is 6.07 Å². The molecule has 1 N–H and O–H groups in total. The molecule has 0 radical (unpaired) electrons. The van der Waals surface area contributed by atoms with E-state index in [0.29, 0.717) is 39.1 Å². The van der Waals surface area contributed by atoms with Crippen LogP contribution in [0.5, 0.6) is 0 Å². The van der Waals surface area contributed by atoms with Crippen LogP contribution in [0, 0.1) is 11.3 Å². The highest BCUT2D eigenvalue weighted by molar-refractivity contribution is 7.09. The first-order valence-corrected chi connectivity index (χ1v) is 12.5. The molecule has 4 heterocycles. The van der Waals surface area contributed by atoms with E-state index in [0.717, 1.165) is 11.5 Å². The van der Waals surface area contributed by atoms with Crippen molar-refractivity contribution in [1.82, 2.24) is 29.2 Å². The van der Waals surface area contributed by atoms with Crippen molar-refractivity contribution in [2.75, 3.05) is 13.2 Å². The number of rotatable bonds is 7. The minimum atomic E-state index is -0.658. The summed E-state index contributed by atoms with van der Waals surface area (Å²) in [4.78, 5) is 28.3. The fourth-order valence-electron chi connectivity index (χ4n) is 3.83. The van der Waals surface area contributed by atoms with Gasteiger partial charge in [-0.25, -0.2) is 9.59 Å². The lowest BCUT2D eigenvalue weighted by Gasteiger charge is -2.01. The van der Waals surface area contributed by atoms with Gasteiger partial charge in [0, 0.05) is 11.3 Å². The average Bonchev–Trinajstić information content (AvgIpc) is 3.59. The van der Waals surface area contributed by atoms with Crippen LogP contribution < -0.4 is 0 Å². The van der Waals surface area contributed by atoms with E-state index in [9.17, 15) is 14.9 Å². The monoisotopic (exact) mass is 531 g/mol. The molecule has 0 bridgehead atoms. The van der Waals surface area contributed by atoms with Crippen molar-refractivity contribution >= 4 is 62.6 Å². The third-order valence-corrected chi connectivity index (χ3v) is 6.41. The number of nitriles is 1. The zero-order valence-electron chi connectivity index (χ0n) is 20.8. The molecule has 0 saturated carbocycles. The first kappa shape index (κ1) is 24.9. The molecule has 0 aliphatic rings. The van der Waals surface area contributed by atoms with Gasteiger partial charge in [0.1, 0.15) is 34.1 Å². The molecular weight excluding hydrogens is 510 g/mol. The van der Waals surface area contributed by atoms with Gasteiger partial charge in [-0.3, -0.25) is 0 Å². The molecule has 0 unspecified atom stereocenters. The predicted octanol–water partition coefficient (Wildman–Crippen LogP) is 4.98. The minimum Gasteiger partial charge on any atom is -0.462 e. The normalized spacial score (nSPS) is 11.7. The number of carbonyl (C=O) groups excluding carboxylic acids is 2. The van der Waals surface area contributed by atoms with Crippen LogP contribution in [0.4, 0.5) is 11.5 Å². The number of carbonyl (C=O) groups is 2. The van der Waals surface area contributed by atoms with Gasteiger partial charge < -0.3 is 14.5 Å². The lowest BCUT2D eigenvalue weighted by atomic mass is 10.2. The second kappa shape index (κ2) is 9.94. The van der Waals surface area contributed by atoms with Gasteiger partial charge in [0.2, 0.25) is 0 Å². The van der Waals surface area contributed by atoms with E-state index >= 15 is 0 Å². The highest BCUT2D eigenvalue weighted by Gasteiger charge is 2.28. The van der Waals surface area contributed by atoms with E-state index < -0.39 is 11.9 Å². The largest absolute Gasteiger partial charge is 0.462 e. The van der Waals surface area contributed by atoms with Crippen LogP contribution >= 0.6 is 11.5 Å². The first-order valence-electron chi connectivity index (χ1n) is 11.7. The van der Waals surface area contributed by atoms with Crippen molar-refractivity contribution in [2.45, 2.75) is 33.6 Å². The summed E-state index contributed by atoms with van der Waals surface area (Å²) in [5, 5.41) is 32.0. The minimum absolute atomic E-state index is 0.00566. The van der Waals surface area contributed by atoms with Gasteiger partial charge in [-0.2, -0.15) is 19.2 Å². The van der Waals surface area contributed by atoms with Crippen LogP contribution in [0.1, 0.15) is 65.0 Å². The summed E-state index contributed by atoms with van der Waals surface area (Å²) in [6.45, 7) is 7.67. The van der Waals surface area contributed by atoms with E-state index in [1.54, 1.807) is 32.0 Å². The van der Waals surface area contributed by atoms with Crippen LogP contribution in [-0.4, -0.2) is 54.3 Å². The van der Waals surface area contributed by atoms with Gasteiger partial charge in [-0.1, -0.05) is 13.8 Å². The molecule has 0 saturated heterocycles. The molecule has 5 aromatic rings. The topological polar surface area (TPSA) is 173 Å². The lowest BCUT2D eigenvalue weighted by Crippen LogP contribution is -2.06. The number of nitrogens with one attached hydrogen (secondary N) is 1. The second-order valence-electron chi connectivity index (χ2n) is 8.36. The van der Waals surface area contributed by atoms with Crippen molar-refractivity contribution in [1.29, 1.82) is 5.26 Å². The number of benzene rings is 1. The smallest absolute Gasteiger partial charge is 0.352 e. The Morgan fingerprint density at radius 3 is 2.61 bits per heavy atom. The number of nitrogens with zero attached hydrogens (tertiary/aromatic N) is 8. The maximum absolute atomic E-state index is 12.7. The molecule has 1 aromatic carbocycles. The fraction of sp³-hybridized carbons (Fsp3) is 0.292.